The van der Waals surface area contributed by atoms with E-state index in [1.165, 1.54) is 11.4 Å². The van der Waals surface area contributed by atoms with Crippen LogP contribution in [-0.2, 0) is 23.0 Å². The number of rotatable bonds is 5. The molecule has 2 aliphatic rings. The Morgan fingerprint density at radius 2 is 2.03 bits per heavy atom. The molecule has 1 aromatic heterocycles. The second kappa shape index (κ2) is 8.13. The number of ether oxygens (including phenoxy) is 1. The number of nitrogens with zero attached hydrogens (tertiary/aromatic N) is 4. The Kier molecular flexibility index (Phi) is 5.69. The number of fused-ring (bicyclic) bond motifs is 1. The summed E-state index contributed by atoms with van der Waals surface area (Å²) in [6, 6.07) is 5.23. The third-order valence-corrected chi connectivity index (χ3v) is 7.84. The fourth-order valence-electron chi connectivity index (χ4n) is 4.24. The summed E-state index contributed by atoms with van der Waals surface area (Å²) in [6.45, 7) is 4.49. The lowest BCUT2D eigenvalue weighted by atomic mass is 10.0. The van der Waals surface area contributed by atoms with Crippen molar-refractivity contribution in [3.05, 3.63) is 40.8 Å². The van der Waals surface area contributed by atoms with Crippen LogP contribution < -0.4 is 10.1 Å². The maximum absolute atomic E-state index is 13.3. The number of anilines is 1. The van der Waals surface area contributed by atoms with E-state index in [0.29, 0.717) is 25.3 Å². The van der Waals surface area contributed by atoms with Crippen molar-refractivity contribution < 1.29 is 13.2 Å². The molecule has 0 spiro atoms. The number of aromatic nitrogens is 2. The van der Waals surface area contributed by atoms with Gasteiger partial charge in [-0.2, -0.15) is 4.31 Å². The number of aryl methyl sites for hydroxylation is 1. The van der Waals surface area contributed by atoms with Crippen LogP contribution in [-0.4, -0.2) is 68.4 Å². The zero-order valence-corrected chi connectivity index (χ0v) is 18.8. The first-order valence-electron chi connectivity index (χ1n) is 10.2. The molecule has 1 atom stereocenters. The molecule has 9 heteroatoms. The molecule has 8 nitrogen and oxygen atoms in total. The fraction of sp³-hybridized carbons (Fsp3) is 0.524. The van der Waals surface area contributed by atoms with Gasteiger partial charge in [-0.25, -0.2) is 18.4 Å². The van der Waals surface area contributed by atoms with Crippen molar-refractivity contribution in [3.63, 3.8) is 0 Å². The normalized spacial score (nSPS) is 20.2. The highest BCUT2D eigenvalue weighted by molar-refractivity contribution is 7.89. The molecule has 0 amide bonds. The van der Waals surface area contributed by atoms with E-state index < -0.39 is 10.0 Å². The van der Waals surface area contributed by atoms with Crippen molar-refractivity contribution in [2.24, 2.45) is 0 Å². The molecule has 1 aromatic carbocycles. The van der Waals surface area contributed by atoms with Crippen molar-refractivity contribution >= 4 is 15.8 Å². The molecule has 0 saturated carbocycles. The Morgan fingerprint density at radius 3 is 2.77 bits per heavy atom. The first kappa shape index (κ1) is 21.0. The highest BCUT2D eigenvalue weighted by Gasteiger charge is 2.36. The van der Waals surface area contributed by atoms with E-state index in [-0.39, 0.29) is 10.8 Å². The van der Waals surface area contributed by atoms with E-state index in [9.17, 15) is 8.42 Å². The van der Waals surface area contributed by atoms with Crippen LogP contribution >= 0.6 is 0 Å². The monoisotopic (exact) mass is 431 g/mol. The summed E-state index contributed by atoms with van der Waals surface area (Å²) in [6.07, 6.45) is 1.58. The van der Waals surface area contributed by atoms with Crippen molar-refractivity contribution in [3.8, 4) is 5.75 Å². The zero-order chi connectivity index (χ0) is 21.5. The van der Waals surface area contributed by atoms with E-state index in [2.05, 4.69) is 17.3 Å². The Balaban J connectivity index is 1.62. The SMILES string of the molecule is CNc1nc([C@@H]2CCN(S(=O)(=O)c3cc(C)ccc3OC)C2)nc2c1CN(C)CC2. The lowest BCUT2D eigenvalue weighted by molar-refractivity contribution is 0.309. The Labute approximate surface area is 178 Å². The molecule has 2 aliphatic heterocycles. The number of benzene rings is 1. The van der Waals surface area contributed by atoms with Gasteiger partial charge in [-0.1, -0.05) is 6.07 Å². The van der Waals surface area contributed by atoms with Crippen LogP contribution in [0.5, 0.6) is 5.75 Å². The Morgan fingerprint density at radius 1 is 1.23 bits per heavy atom. The number of likely N-dealkylation sites (N-methyl/N-ethyl adjacent to an activating group) is 1. The van der Waals surface area contributed by atoms with Gasteiger partial charge >= 0.3 is 0 Å². The molecule has 4 rings (SSSR count). The summed E-state index contributed by atoms with van der Waals surface area (Å²) in [4.78, 5) is 12.1. The average Bonchev–Trinajstić information content (AvgIpc) is 3.24. The van der Waals surface area contributed by atoms with Gasteiger partial charge in [0.1, 0.15) is 22.3 Å². The van der Waals surface area contributed by atoms with Gasteiger partial charge in [0.2, 0.25) is 10.0 Å². The average molecular weight is 432 g/mol. The number of hydrogen-bond donors (Lipinski definition) is 1. The molecular formula is C21H29N5O3S. The van der Waals surface area contributed by atoms with E-state index in [4.69, 9.17) is 14.7 Å². The van der Waals surface area contributed by atoms with Gasteiger partial charge < -0.3 is 15.0 Å². The van der Waals surface area contributed by atoms with Gasteiger partial charge in [0.05, 0.1) is 12.8 Å². The summed E-state index contributed by atoms with van der Waals surface area (Å²) in [5.74, 6) is 1.93. The molecule has 30 heavy (non-hydrogen) atoms. The van der Waals surface area contributed by atoms with Crippen molar-refractivity contribution in [1.82, 2.24) is 19.2 Å². The molecule has 162 valence electrons. The van der Waals surface area contributed by atoms with Gasteiger partial charge in [-0.15, -0.1) is 0 Å². The van der Waals surface area contributed by atoms with Crippen LogP contribution in [0.2, 0.25) is 0 Å². The second-order valence-electron chi connectivity index (χ2n) is 8.10. The van der Waals surface area contributed by atoms with E-state index in [1.54, 1.807) is 12.1 Å². The number of nitrogens with one attached hydrogen (secondary N) is 1. The molecule has 0 radical (unpaired) electrons. The molecular weight excluding hydrogens is 402 g/mol. The van der Waals surface area contributed by atoms with Crippen LogP contribution in [0.25, 0.3) is 0 Å². The lowest BCUT2D eigenvalue weighted by Gasteiger charge is -2.26. The number of sulfonamides is 1. The van der Waals surface area contributed by atoms with E-state index >= 15 is 0 Å². The van der Waals surface area contributed by atoms with Crippen LogP contribution in [0, 0.1) is 6.92 Å². The topological polar surface area (TPSA) is 87.7 Å². The maximum Gasteiger partial charge on any atom is 0.246 e. The molecule has 1 saturated heterocycles. The summed E-state index contributed by atoms with van der Waals surface area (Å²) in [5.41, 5.74) is 3.10. The molecule has 3 heterocycles. The van der Waals surface area contributed by atoms with Crippen LogP contribution in [0.4, 0.5) is 5.82 Å². The van der Waals surface area contributed by atoms with Crippen LogP contribution in [0.3, 0.4) is 0 Å². The predicted molar refractivity (Wildman–Crippen MR) is 115 cm³/mol. The van der Waals surface area contributed by atoms with Gasteiger partial charge in [0.25, 0.3) is 0 Å². The summed E-state index contributed by atoms with van der Waals surface area (Å²) >= 11 is 0. The maximum atomic E-state index is 13.3. The minimum atomic E-state index is -3.65. The van der Waals surface area contributed by atoms with Gasteiger partial charge in [0, 0.05) is 51.1 Å². The third kappa shape index (κ3) is 3.77. The first-order chi connectivity index (χ1) is 14.3. The quantitative estimate of drug-likeness (QED) is 0.775. The summed E-state index contributed by atoms with van der Waals surface area (Å²) in [5, 5.41) is 3.20. The minimum Gasteiger partial charge on any atom is -0.495 e. The zero-order valence-electron chi connectivity index (χ0n) is 18.0. The lowest BCUT2D eigenvalue weighted by Crippen LogP contribution is -2.30. The van der Waals surface area contributed by atoms with Gasteiger partial charge in [-0.3, -0.25) is 0 Å². The van der Waals surface area contributed by atoms with Crippen molar-refractivity contribution in [2.75, 3.05) is 46.2 Å². The Hall–Kier alpha value is -2.23. The highest BCUT2D eigenvalue weighted by atomic mass is 32.2. The number of hydrogen-bond acceptors (Lipinski definition) is 7. The van der Waals surface area contributed by atoms with Crippen molar-refractivity contribution in [1.29, 1.82) is 0 Å². The van der Waals surface area contributed by atoms with Gasteiger partial charge in [0.15, 0.2) is 0 Å². The standard InChI is InChI=1S/C21H29N5O3S/c1-14-5-6-18(29-4)19(11-14)30(27,28)26-10-7-15(12-26)20-23-17-8-9-25(3)13-16(17)21(22-2)24-20/h5-6,11,15H,7-10,12-13H2,1-4H3,(H,22,23,24)/t15-/m1/s1. The minimum absolute atomic E-state index is 0.0207. The molecule has 2 aromatic rings. The first-order valence-corrected chi connectivity index (χ1v) is 11.7. The highest BCUT2D eigenvalue weighted by Crippen LogP contribution is 2.34. The van der Waals surface area contributed by atoms with Crippen molar-refractivity contribution in [2.45, 2.75) is 37.1 Å². The van der Waals surface area contributed by atoms with E-state index in [1.807, 2.05) is 20.0 Å². The molecule has 0 bridgehead atoms. The largest absolute Gasteiger partial charge is 0.495 e. The Bertz CT molecular complexity index is 1040. The third-order valence-electron chi connectivity index (χ3n) is 5.96. The summed E-state index contributed by atoms with van der Waals surface area (Å²) in [7, 11) is 1.80. The number of methoxy groups -OCH3 is 1. The fourth-order valence-corrected chi connectivity index (χ4v) is 5.98. The summed E-state index contributed by atoms with van der Waals surface area (Å²) < 4.78 is 33.5. The van der Waals surface area contributed by atoms with Crippen LogP contribution in [0.15, 0.2) is 23.1 Å². The molecule has 0 unspecified atom stereocenters. The van der Waals surface area contributed by atoms with E-state index in [0.717, 1.165) is 48.0 Å². The second-order valence-corrected chi connectivity index (χ2v) is 10.0. The molecule has 1 fully saturated rings. The molecule has 1 N–H and O–H groups in total. The predicted octanol–water partition coefficient (Wildman–Crippen LogP) is 2.00. The van der Waals surface area contributed by atoms with Gasteiger partial charge in [-0.05, 0) is 38.1 Å². The molecule has 0 aliphatic carbocycles. The van der Waals surface area contributed by atoms with Crippen LogP contribution in [0.1, 0.15) is 35.0 Å². The smallest absolute Gasteiger partial charge is 0.246 e.